The Morgan fingerprint density at radius 3 is 1.29 bits per heavy atom. The molecule has 0 N–H and O–H groups in total. The van der Waals surface area contributed by atoms with E-state index in [1.165, 1.54) is 9.40 Å². The largest absolute Gasteiger partial charge is 0.311 e. The number of halogens is 1. The molecule has 0 atom stereocenters. The zero-order valence-electron chi connectivity index (χ0n) is 20.1. The Labute approximate surface area is 233 Å². The first-order chi connectivity index (χ1) is 18.7. The van der Waals surface area contributed by atoms with E-state index in [1.807, 2.05) is 36.4 Å². The zero-order valence-corrected chi connectivity index (χ0v) is 22.5. The van der Waals surface area contributed by atoms with Crippen molar-refractivity contribution in [2.24, 2.45) is 0 Å². The monoisotopic (exact) mass is 545 g/mol. The Kier molecular flexibility index (Phi) is 5.89. The van der Waals surface area contributed by atoms with Crippen molar-refractivity contribution in [1.82, 2.24) is 9.97 Å². The van der Waals surface area contributed by atoms with Crippen LogP contribution in [0.15, 0.2) is 121 Å². The van der Waals surface area contributed by atoms with Crippen molar-refractivity contribution in [3.05, 3.63) is 126 Å². The first-order valence-electron chi connectivity index (χ1n) is 12.2. The number of para-hydroxylation sites is 2. The SMILES string of the molecule is Clc1ccc(N(c2ccc(-c3nc4ccccc4s3)cc2)c2ccc(-c3nc4ccccc4s3)cc2)cc1. The average Bonchev–Trinajstić information content (AvgIpc) is 3.60. The summed E-state index contributed by atoms with van der Waals surface area (Å²) in [7, 11) is 0. The van der Waals surface area contributed by atoms with Crippen LogP contribution in [0.4, 0.5) is 17.1 Å². The van der Waals surface area contributed by atoms with Crippen LogP contribution in [0.25, 0.3) is 41.6 Å². The Bertz CT molecular complexity index is 1690. The van der Waals surface area contributed by atoms with Gasteiger partial charge in [-0.15, -0.1) is 22.7 Å². The summed E-state index contributed by atoms with van der Waals surface area (Å²) in [4.78, 5) is 11.9. The second-order valence-electron chi connectivity index (χ2n) is 8.88. The zero-order chi connectivity index (χ0) is 25.5. The number of hydrogen-bond donors (Lipinski definition) is 0. The van der Waals surface area contributed by atoms with Crippen molar-refractivity contribution in [2.75, 3.05) is 4.90 Å². The molecule has 0 aliphatic carbocycles. The van der Waals surface area contributed by atoms with E-state index in [2.05, 4.69) is 89.8 Å². The van der Waals surface area contributed by atoms with Crippen LogP contribution in [0.2, 0.25) is 5.02 Å². The van der Waals surface area contributed by atoms with E-state index in [0.717, 1.165) is 49.2 Å². The van der Waals surface area contributed by atoms with Gasteiger partial charge in [0.05, 0.1) is 20.4 Å². The number of thiazole rings is 2. The normalized spacial score (nSPS) is 11.3. The quantitative estimate of drug-likeness (QED) is 0.215. The van der Waals surface area contributed by atoms with Gasteiger partial charge in [0.2, 0.25) is 0 Å². The molecule has 0 saturated carbocycles. The number of fused-ring (bicyclic) bond motifs is 2. The molecular formula is C32H20ClN3S2. The predicted molar refractivity (Wildman–Crippen MR) is 163 cm³/mol. The minimum absolute atomic E-state index is 0.714. The lowest BCUT2D eigenvalue weighted by molar-refractivity contribution is 1.28. The summed E-state index contributed by atoms with van der Waals surface area (Å²) in [5.74, 6) is 0. The molecule has 38 heavy (non-hydrogen) atoms. The van der Waals surface area contributed by atoms with Gasteiger partial charge >= 0.3 is 0 Å². The fourth-order valence-corrected chi connectivity index (χ4v) is 6.60. The molecule has 6 heteroatoms. The molecule has 2 heterocycles. The third-order valence-corrected chi connectivity index (χ3v) is 8.84. The van der Waals surface area contributed by atoms with Crippen LogP contribution < -0.4 is 4.90 Å². The number of aromatic nitrogens is 2. The summed E-state index contributed by atoms with van der Waals surface area (Å²) in [6.07, 6.45) is 0. The van der Waals surface area contributed by atoms with Gasteiger partial charge in [-0.25, -0.2) is 9.97 Å². The third-order valence-electron chi connectivity index (χ3n) is 6.42. The van der Waals surface area contributed by atoms with E-state index in [9.17, 15) is 0 Å². The summed E-state index contributed by atoms with van der Waals surface area (Å²) in [6.45, 7) is 0. The summed E-state index contributed by atoms with van der Waals surface area (Å²) in [5.41, 5.74) is 7.44. The maximum atomic E-state index is 6.22. The molecule has 0 bridgehead atoms. The highest BCUT2D eigenvalue weighted by Gasteiger charge is 2.15. The van der Waals surface area contributed by atoms with Crippen molar-refractivity contribution < 1.29 is 0 Å². The molecule has 0 radical (unpaired) electrons. The van der Waals surface area contributed by atoms with Crippen LogP contribution in [-0.2, 0) is 0 Å². The van der Waals surface area contributed by atoms with Crippen LogP contribution in [0, 0.1) is 0 Å². The molecule has 2 aromatic heterocycles. The minimum atomic E-state index is 0.714. The van der Waals surface area contributed by atoms with Gasteiger partial charge in [-0.1, -0.05) is 35.9 Å². The Balaban J connectivity index is 1.25. The Morgan fingerprint density at radius 2 is 0.868 bits per heavy atom. The summed E-state index contributed by atoms with van der Waals surface area (Å²) < 4.78 is 2.39. The maximum absolute atomic E-state index is 6.22. The van der Waals surface area contributed by atoms with Crippen molar-refractivity contribution in [3.8, 4) is 21.1 Å². The minimum Gasteiger partial charge on any atom is -0.311 e. The van der Waals surface area contributed by atoms with Gasteiger partial charge in [-0.2, -0.15) is 0 Å². The van der Waals surface area contributed by atoms with Gasteiger partial charge in [0, 0.05) is 33.2 Å². The van der Waals surface area contributed by atoms with E-state index >= 15 is 0 Å². The van der Waals surface area contributed by atoms with Crippen LogP contribution in [0.5, 0.6) is 0 Å². The fourth-order valence-electron chi connectivity index (χ4n) is 4.53. The number of rotatable bonds is 5. The third kappa shape index (κ3) is 4.35. The van der Waals surface area contributed by atoms with Gasteiger partial charge < -0.3 is 4.90 Å². The topological polar surface area (TPSA) is 29.0 Å². The molecular weight excluding hydrogens is 526 g/mol. The van der Waals surface area contributed by atoms with Crippen LogP contribution in [0.1, 0.15) is 0 Å². The van der Waals surface area contributed by atoms with E-state index in [-0.39, 0.29) is 0 Å². The summed E-state index contributed by atoms with van der Waals surface area (Å²) >= 11 is 9.65. The molecule has 0 amide bonds. The van der Waals surface area contributed by atoms with Crippen molar-refractivity contribution in [1.29, 1.82) is 0 Å². The molecule has 0 aliphatic rings. The van der Waals surface area contributed by atoms with Crippen molar-refractivity contribution in [2.45, 2.75) is 0 Å². The standard InChI is InChI=1S/C32H20ClN3S2/c33-23-13-19-26(20-14-23)36(24-15-9-21(10-16-24)31-34-27-5-1-3-7-29(27)37-31)25-17-11-22(12-18-25)32-35-28-6-2-4-8-30(28)38-32/h1-20H. The molecule has 0 aliphatic heterocycles. The Morgan fingerprint density at radius 1 is 0.474 bits per heavy atom. The lowest BCUT2D eigenvalue weighted by Gasteiger charge is -2.25. The van der Waals surface area contributed by atoms with Gasteiger partial charge in [-0.05, 0) is 97.1 Å². The van der Waals surface area contributed by atoms with Crippen LogP contribution in [-0.4, -0.2) is 9.97 Å². The Hall–Kier alpha value is -4.03. The highest BCUT2D eigenvalue weighted by molar-refractivity contribution is 7.22. The van der Waals surface area contributed by atoms with Crippen molar-refractivity contribution in [3.63, 3.8) is 0 Å². The molecule has 5 aromatic carbocycles. The molecule has 7 aromatic rings. The highest BCUT2D eigenvalue weighted by atomic mass is 35.5. The fraction of sp³-hybridized carbons (Fsp3) is 0. The molecule has 0 fully saturated rings. The molecule has 0 saturated heterocycles. The first kappa shape index (κ1) is 23.1. The predicted octanol–water partition coefficient (Wildman–Crippen LogP) is 10.4. The lowest BCUT2D eigenvalue weighted by Crippen LogP contribution is -2.09. The van der Waals surface area contributed by atoms with E-state index in [4.69, 9.17) is 21.6 Å². The highest BCUT2D eigenvalue weighted by Crippen LogP contribution is 2.38. The van der Waals surface area contributed by atoms with Gasteiger partial charge in [-0.3, -0.25) is 0 Å². The number of anilines is 3. The number of nitrogens with zero attached hydrogens (tertiary/aromatic N) is 3. The first-order valence-corrected chi connectivity index (χ1v) is 14.2. The summed E-state index contributed by atoms with van der Waals surface area (Å²) in [5, 5.41) is 2.76. The van der Waals surface area contributed by atoms with Gasteiger partial charge in [0.25, 0.3) is 0 Å². The average molecular weight is 546 g/mol. The summed E-state index contributed by atoms with van der Waals surface area (Å²) in [6, 6.07) is 41.6. The second-order valence-corrected chi connectivity index (χ2v) is 11.4. The smallest absolute Gasteiger partial charge is 0.124 e. The van der Waals surface area contributed by atoms with Gasteiger partial charge in [0.1, 0.15) is 10.0 Å². The van der Waals surface area contributed by atoms with E-state index < -0.39 is 0 Å². The second kappa shape index (κ2) is 9.69. The van der Waals surface area contributed by atoms with Crippen LogP contribution >= 0.6 is 34.3 Å². The lowest BCUT2D eigenvalue weighted by atomic mass is 10.1. The molecule has 182 valence electrons. The van der Waals surface area contributed by atoms with Crippen molar-refractivity contribution >= 4 is 71.8 Å². The van der Waals surface area contributed by atoms with E-state index in [1.54, 1.807) is 22.7 Å². The van der Waals surface area contributed by atoms with Crippen LogP contribution in [0.3, 0.4) is 0 Å². The molecule has 0 spiro atoms. The maximum Gasteiger partial charge on any atom is 0.124 e. The van der Waals surface area contributed by atoms with Gasteiger partial charge in [0.15, 0.2) is 0 Å². The number of hydrogen-bond acceptors (Lipinski definition) is 5. The van der Waals surface area contributed by atoms with E-state index in [0.29, 0.717) is 5.02 Å². The molecule has 3 nitrogen and oxygen atoms in total. The molecule has 7 rings (SSSR count). The molecule has 0 unspecified atom stereocenters. The number of benzene rings is 5.